The van der Waals surface area contributed by atoms with E-state index in [0.717, 1.165) is 12.5 Å². The van der Waals surface area contributed by atoms with Crippen LogP contribution in [0.25, 0.3) is 0 Å². The normalized spacial score (nSPS) is 21.6. The van der Waals surface area contributed by atoms with E-state index < -0.39 is 0 Å². The van der Waals surface area contributed by atoms with Gasteiger partial charge in [0.25, 0.3) is 0 Å². The zero-order valence-corrected chi connectivity index (χ0v) is 7.01. The van der Waals surface area contributed by atoms with Crippen LogP contribution >= 0.6 is 0 Å². The molecule has 0 bridgehead atoms. The second kappa shape index (κ2) is 3.35. The molecule has 10 heavy (non-hydrogen) atoms. The van der Waals surface area contributed by atoms with Crippen molar-refractivity contribution >= 4 is 0 Å². The number of rotatable bonds is 4. The van der Waals surface area contributed by atoms with Crippen LogP contribution in [0.1, 0.15) is 19.3 Å². The van der Waals surface area contributed by atoms with Crippen molar-refractivity contribution in [2.45, 2.75) is 25.3 Å². The maximum atomic E-state index is 5.87. The van der Waals surface area contributed by atoms with Crippen LogP contribution in [0, 0.1) is 5.92 Å². The van der Waals surface area contributed by atoms with Crippen LogP contribution in [0.3, 0.4) is 0 Å². The van der Waals surface area contributed by atoms with E-state index in [4.69, 9.17) is 5.73 Å². The van der Waals surface area contributed by atoms with Gasteiger partial charge in [-0.1, -0.05) is 12.8 Å². The number of nitrogens with two attached hydrogens (primary N) is 1. The van der Waals surface area contributed by atoms with E-state index in [1.165, 1.54) is 19.3 Å². The van der Waals surface area contributed by atoms with Crippen LogP contribution in [0.4, 0.5) is 0 Å². The van der Waals surface area contributed by atoms with Crippen molar-refractivity contribution in [3.05, 3.63) is 0 Å². The van der Waals surface area contributed by atoms with E-state index in [9.17, 15) is 0 Å². The Balaban J connectivity index is 2.02. The summed E-state index contributed by atoms with van der Waals surface area (Å²) in [5.74, 6) is 0.968. The molecule has 0 aromatic carbocycles. The van der Waals surface area contributed by atoms with Crippen LogP contribution in [0.5, 0.6) is 0 Å². The summed E-state index contributed by atoms with van der Waals surface area (Å²) in [5, 5.41) is 0. The van der Waals surface area contributed by atoms with Crippen molar-refractivity contribution in [2.75, 3.05) is 20.6 Å². The van der Waals surface area contributed by atoms with E-state index in [1.54, 1.807) is 0 Å². The number of hydrogen-bond donors (Lipinski definition) is 1. The first-order chi connectivity index (χ1) is 4.68. The molecule has 0 aromatic rings. The molecular formula is C8H18N2. The minimum absolute atomic E-state index is 0.405. The average molecular weight is 142 g/mol. The van der Waals surface area contributed by atoms with Crippen LogP contribution < -0.4 is 5.73 Å². The van der Waals surface area contributed by atoms with Gasteiger partial charge in [-0.15, -0.1) is 0 Å². The molecule has 1 saturated carbocycles. The Morgan fingerprint density at radius 2 is 2.10 bits per heavy atom. The Hall–Kier alpha value is -0.0800. The highest BCUT2D eigenvalue weighted by molar-refractivity contribution is 4.79. The lowest BCUT2D eigenvalue weighted by molar-refractivity contribution is 0.356. The molecule has 0 amide bonds. The van der Waals surface area contributed by atoms with E-state index in [2.05, 4.69) is 19.0 Å². The zero-order chi connectivity index (χ0) is 7.56. The van der Waals surface area contributed by atoms with Crippen LogP contribution in [-0.2, 0) is 0 Å². The monoisotopic (exact) mass is 142 g/mol. The molecule has 60 valence electrons. The summed E-state index contributed by atoms with van der Waals surface area (Å²) >= 11 is 0. The molecule has 0 radical (unpaired) electrons. The van der Waals surface area contributed by atoms with Crippen LogP contribution in [0.2, 0.25) is 0 Å². The summed E-state index contributed by atoms with van der Waals surface area (Å²) < 4.78 is 0. The second-order valence-corrected chi connectivity index (χ2v) is 3.70. The van der Waals surface area contributed by atoms with Crippen molar-refractivity contribution in [3.8, 4) is 0 Å². The fourth-order valence-corrected chi connectivity index (χ4v) is 1.33. The molecule has 1 rings (SSSR count). The van der Waals surface area contributed by atoms with Crippen molar-refractivity contribution < 1.29 is 0 Å². The van der Waals surface area contributed by atoms with Crippen LogP contribution in [-0.4, -0.2) is 31.6 Å². The van der Waals surface area contributed by atoms with Gasteiger partial charge in [-0.25, -0.2) is 0 Å². The van der Waals surface area contributed by atoms with Crippen molar-refractivity contribution in [3.63, 3.8) is 0 Å². The number of nitrogens with zero attached hydrogens (tertiary/aromatic N) is 1. The van der Waals surface area contributed by atoms with E-state index in [-0.39, 0.29) is 0 Å². The van der Waals surface area contributed by atoms with Gasteiger partial charge in [0.2, 0.25) is 0 Å². The average Bonchev–Trinajstić information content (AvgIpc) is 2.46. The van der Waals surface area contributed by atoms with Crippen molar-refractivity contribution in [1.29, 1.82) is 0 Å². The topological polar surface area (TPSA) is 29.3 Å². The first-order valence-electron chi connectivity index (χ1n) is 4.09. The molecule has 0 aromatic heterocycles. The van der Waals surface area contributed by atoms with Crippen molar-refractivity contribution in [2.24, 2.45) is 11.7 Å². The zero-order valence-electron chi connectivity index (χ0n) is 7.01. The fourth-order valence-electron chi connectivity index (χ4n) is 1.33. The molecule has 2 nitrogen and oxygen atoms in total. The molecule has 0 aliphatic heterocycles. The van der Waals surface area contributed by atoms with Crippen LogP contribution in [0.15, 0.2) is 0 Å². The SMILES string of the molecule is CN(C)CC(N)CC1CC1. The first-order valence-corrected chi connectivity index (χ1v) is 4.09. The standard InChI is InChI=1S/C8H18N2/c1-10(2)6-8(9)5-7-3-4-7/h7-8H,3-6,9H2,1-2H3. The Kier molecular flexibility index (Phi) is 2.69. The summed E-state index contributed by atoms with van der Waals surface area (Å²) in [4.78, 5) is 2.16. The van der Waals surface area contributed by atoms with Gasteiger partial charge in [0.05, 0.1) is 0 Å². The molecule has 0 heterocycles. The maximum Gasteiger partial charge on any atom is 0.0170 e. The van der Waals surface area contributed by atoms with Gasteiger partial charge >= 0.3 is 0 Å². The predicted molar refractivity (Wildman–Crippen MR) is 43.9 cm³/mol. The molecule has 0 saturated heterocycles. The molecule has 0 spiro atoms. The van der Waals surface area contributed by atoms with E-state index in [0.29, 0.717) is 6.04 Å². The molecule has 1 aliphatic rings. The van der Waals surface area contributed by atoms with Gasteiger partial charge in [-0.3, -0.25) is 0 Å². The minimum Gasteiger partial charge on any atom is -0.327 e. The second-order valence-electron chi connectivity index (χ2n) is 3.70. The number of likely N-dealkylation sites (N-methyl/N-ethyl adjacent to an activating group) is 1. The molecule has 1 fully saturated rings. The molecule has 1 unspecified atom stereocenters. The van der Waals surface area contributed by atoms with Gasteiger partial charge in [0.1, 0.15) is 0 Å². The lowest BCUT2D eigenvalue weighted by atomic mass is 10.1. The lowest BCUT2D eigenvalue weighted by Gasteiger charge is -2.15. The highest BCUT2D eigenvalue weighted by Gasteiger charge is 2.23. The Morgan fingerprint density at radius 3 is 2.50 bits per heavy atom. The number of hydrogen-bond acceptors (Lipinski definition) is 2. The Bertz CT molecular complexity index is 93.4. The molecule has 1 atom stereocenters. The van der Waals surface area contributed by atoms with Gasteiger partial charge in [-0.2, -0.15) is 0 Å². The summed E-state index contributed by atoms with van der Waals surface area (Å²) in [6.07, 6.45) is 4.07. The predicted octanol–water partition coefficient (Wildman–Crippen LogP) is 0.675. The first kappa shape index (κ1) is 8.02. The molecule has 2 heteroatoms. The minimum atomic E-state index is 0.405. The van der Waals surface area contributed by atoms with Crippen molar-refractivity contribution in [1.82, 2.24) is 4.90 Å². The third-order valence-electron chi connectivity index (χ3n) is 1.93. The fraction of sp³-hybridized carbons (Fsp3) is 1.00. The molecule has 2 N–H and O–H groups in total. The highest BCUT2D eigenvalue weighted by atomic mass is 15.1. The summed E-state index contributed by atoms with van der Waals surface area (Å²) in [7, 11) is 4.15. The highest BCUT2D eigenvalue weighted by Crippen LogP contribution is 2.33. The largest absolute Gasteiger partial charge is 0.327 e. The van der Waals surface area contributed by atoms with Gasteiger partial charge in [-0.05, 0) is 26.4 Å². The van der Waals surface area contributed by atoms with Gasteiger partial charge in [0, 0.05) is 12.6 Å². The molecule has 1 aliphatic carbocycles. The maximum absolute atomic E-state index is 5.87. The summed E-state index contributed by atoms with van der Waals surface area (Å²) in [6, 6.07) is 0.405. The van der Waals surface area contributed by atoms with Gasteiger partial charge in [0.15, 0.2) is 0 Å². The Morgan fingerprint density at radius 1 is 1.50 bits per heavy atom. The Labute approximate surface area is 63.4 Å². The molecular weight excluding hydrogens is 124 g/mol. The van der Waals surface area contributed by atoms with Gasteiger partial charge < -0.3 is 10.6 Å². The van der Waals surface area contributed by atoms with E-state index >= 15 is 0 Å². The smallest absolute Gasteiger partial charge is 0.0170 e. The third kappa shape index (κ3) is 3.18. The summed E-state index contributed by atoms with van der Waals surface area (Å²) in [5.41, 5.74) is 5.87. The quantitative estimate of drug-likeness (QED) is 0.625. The third-order valence-corrected chi connectivity index (χ3v) is 1.93. The summed E-state index contributed by atoms with van der Waals surface area (Å²) in [6.45, 7) is 1.04. The van der Waals surface area contributed by atoms with E-state index in [1.807, 2.05) is 0 Å². The lowest BCUT2D eigenvalue weighted by Crippen LogP contribution is -2.33.